The molecule has 2 N–H and O–H groups in total. The van der Waals surface area contributed by atoms with Crippen molar-refractivity contribution >= 4 is 23.2 Å². The van der Waals surface area contributed by atoms with E-state index in [-0.39, 0.29) is 23.7 Å². The summed E-state index contributed by atoms with van der Waals surface area (Å²) in [7, 11) is 1.63. The van der Waals surface area contributed by atoms with Gasteiger partial charge in [0.05, 0.1) is 13.0 Å². The molecule has 1 atom stereocenters. The van der Waals surface area contributed by atoms with Gasteiger partial charge in [0, 0.05) is 17.8 Å². The van der Waals surface area contributed by atoms with E-state index in [0.29, 0.717) is 12.8 Å². The van der Waals surface area contributed by atoms with Crippen LogP contribution in [0.5, 0.6) is 5.75 Å². The maximum absolute atomic E-state index is 12.3. The van der Waals surface area contributed by atoms with Gasteiger partial charge < -0.3 is 15.4 Å². The molecule has 0 aliphatic carbocycles. The molecule has 1 aliphatic rings. The SMILES string of the molecule is COc1cccc(CCC(=O)Nc2ccc3c(c2)C(C(C)C)C(=O)N3)c1. The van der Waals surface area contributed by atoms with Crippen molar-refractivity contribution in [3.63, 3.8) is 0 Å². The van der Waals surface area contributed by atoms with Crippen molar-refractivity contribution < 1.29 is 14.3 Å². The van der Waals surface area contributed by atoms with Crippen molar-refractivity contribution in [2.45, 2.75) is 32.6 Å². The van der Waals surface area contributed by atoms with Crippen LogP contribution in [0.3, 0.4) is 0 Å². The van der Waals surface area contributed by atoms with E-state index < -0.39 is 0 Å². The molecule has 136 valence electrons. The first-order valence-electron chi connectivity index (χ1n) is 8.85. The Morgan fingerprint density at radius 2 is 2.04 bits per heavy atom. The first-order valence-corrected chi connectivity index (χ1v) is 8.85. The largest absolute Gasteiger partial charge is 0.497 e. The number of ether oxygens (including phenoxy) is 1. The highest BCUT2D eigenvalue weighted by Gasteiger charge is 2.32. The zero-order valence-corrected chi connectivity index (χ0v) is 15.3. The molecular weight excluding hydrogens is 328 g/mol. The fraction of sp³-hybridized carbons (Fsp3) is 0.333. The summed E-state index contributed by atoms with van der Waals surface area (Å²) in [5.74, 6) is 0.801. The first kappa shape index (κ1) is 18.0. The molecule has 2 amide bonds. The number of hydrogen-bond acceptors (Lipinski definition) is 3. The molecule has 2 aromatic rings. The van der Waals surface area contributed by atoms with Gasteiger partial charge in [0.2, 0.25) is 11.8 Å². The third-order valence-electron chi connectivity index (χ3n) is 4.65. The summed E-state index contributed by atoms with van der Waals surface area (Å²) in [6, 6.07) is 13.3. The summed E-state index contributed by atoms with van der Waals surface area (Å²) in [5.41, 5.74) is 3.57. The summed E-state index contributed by atoms with van der Waals surface area (Å²) in [5, 5.41) is 5.84. The zero-order chi connectivity index (χ0) is 18.7. The number of carbonyl (C=O) groups excluding carboxylic acids is 2. The third kappa shape index (κ3) is 3.87. The van der Waals surface area contributed by atoms with E-state index in [1.165, 1.54) is 0 Å². The fourth-order valence-corrected chi connectivity index (χ4v) is 3.33. The van der Waals surface area contributed by atoms with Crippen LogP contribution in [0, 0.1) is 5.92 Å². The van der Waals surface area contributed by atoms with Crippen molar-refractivity contribution in [2.75, 3.05) is 17.7 Å². The van der Waals surface area contributed by atoms with Gasteiger partial charge in [-0.3, -0.25) is 9.59 Å². The van der Waals surface area contributed by atoms with Crippen molar-refractivity contribution in [2.24, 2.45) is 5.92 Å². The second-order valence-electron chi connectivity index (χ2n) is 6.91. The lowest BCUT2D eigenvalue weighted by atomic mass is 9.89. The van der Waals surface area contributed by atoms with E-state index in [1.807, 2.05) is 56.3 Å². The fourth-order valence-electron chi connectivity index (χ4n) is 3.33. The number of methoxy groups -OCH3 is 1. The van der Waals surface area contributed by atoms with Gasteiger partial charge in [0.15, 0.2) is 0 Å². The first-order chi connectivity index (χ1) is 12.5. The monoisotopic (exact) mass is 352 g/mol. The molecule has 0 saturated carbocycles. The van der Waals surface area contributed by atoms with Crippen LogP contribution >= 0.6 is 0 Å². The number of carbonyl (C=O) groups is 2. The van der Waals surface area contributed by atoms with E-state index in [4.69, 9.17) is 4.74 Å². The molecular formula is C21H24N2O3. The van der Waals surface area contributed by atoms with Gasteiger partial charge in [-0.1, -0.05) is 26.0 Å². The predicted molar refractivity (Wildman–Crippen MR) is 103 cm³/mol. The molecule has 1 heterocycles. The van der Waals surface area contributed by atoms with Crippen LogP contribution in [0.4, 0.5) is 11.4 Å². The van der Waals surface area contributed by atoms with Crippen LogP contribution in [0.25, 0.3) is 0 Å². The second kappa shape index (κ2) is 7.60. The van der Waals surface area contributed by atoms with Gasteiger partial charge in [0.1, 0.15) is 5.75 Å². The molecule has 3 rings (SSSR count). The van der Waals surface area contributed by atoms with Crippen LogP contribution < -0.4 is 15.4 Å². The van der Waals surface area contributed by atoms with E-state index in [9.17, 15) is 9.59 Å². The minimum absolute atomic E-state index is 0.0245. The highest BCUT2D eigenvalue weighted by atomic mass is 16.5. The summed E-state index contributed by atoms with van der Waals surface area (Å²) in [4.78, 5) is 24.4. The Hall–Kier alpha value is -2.82. The Balaban J connectivity index is 1.64. The number of rotatable bonds is 6. The molecule has 0 radical (unpaired) electrons. The average Bonchev–Trinajstić information content (AvgIpc) is 2.95. The average molecular weight is 352 g/mol. The molecule has 0 bridgehead atoms. The van der Waals surface area contributed by atoms with Gasteiger partial charge >= 0.3 is 0 Å². The van der Waals surface area contributed by atoms with E-state index >= 15 is 0 Å². The highest BCUT2D eigenvalue weighted by molar-refractivity contribution is 6.04. The smallest absolute Gasteiger partial charge is 0.232 e. The van der Waals surface area contributed by atoms with Crippen LogP contribution in [0.2, 0.25) is 0 Å². The summed E-state index contributed by atoms with van der Waals surface area (Å²) in [6.45, 7) is 4.05. The lowest BCUT2D eigenvalue weighted by Crippen LogP contribution is -2.17. The lowest BCUT2D eigenvalue weighted by Gasteiger charge is -2.14. The van der Waals surface area contributed by atoms with Gasteiger partial charge in [-0.15, -0.1) is 0 Å². The molecule has 5 heteroatoms. The van der Waals surface area contributed by atoms with Crippen LogP contribution in [0.15, 0.2) is 42.5 Å². The molecule has 0 fully saturated rings. The molecule has 0 aromatic heterocycles. The highest BCUT2D eigenvalue weighted by Crippen LogP contribution is 2.38. The minimum atomic E-state index is -0.168. The van der Waals surface area contributed by atoms with Crippen LogP contribution in [-0.2, 0) is 16.0 Å². The van der Waals surface area contributed by atoms with Gasteiger partial charge in [-0.2, -0.15) is 0 Å². The van der Waals surface area contributed by atoms with Crippen molar-refractivity contribution in [3.05, 3.63) is 53.6 Å². The van der Waals surface area contributed by atoms with E-state index in [2.05, 4.69) is 10.6 Å². The van der Waals surface area contributed by atoms with Gasteiger partial charge in [-0.25, -0.2) is 0 Å². The summed E-state index contributed by atoms with van der Waals surface area (Å²) in [6.07, 6.45) is 1.03. The Kier molecular flexibility index (Phi) is 5.26. The Morgan fingerprint density at radius 1 is 1.23 bits per heavy atom. The Labute approximate surface area is 153 Å². The van der Waals surface area contributed by atoms with Crippen LogP contribution in [-0.4, -0.2) is 18.9 Å². The predicted octanol–water partition coefficient (Wildman–Crippen LogP) is 3.96. The Morgan fingerprint density at radius 3 is 2.77 bits per heavy atom. The number of fused-ring (bicyclic) bond motifs is 1. The molecule has 1 unspecified atom stereocenters. The minimum Gasteiger partial charge on any atom is -0.497 e. The molecule has 0 saturated heterocycles. The van der Waals surface area contributed by atoms with E-state index in [1.54, 1.807) is 7.11 Å². The van der Waals surface area contributed by atoms with Crippen LogP contribution in [0.1, 0.15) is 37.3 Å². The van der Waals surface area contributed by atoms with Crippen molar-refractivity contribution in [3.8, 4) is 5.75 Å². The summed E-state index contributed by atoms with van der Waals surface area (Å²) >= 11 is 0. The quantitative estimate of drug-likeness (QED) is 0.827. The number of hydrogen-bond donors (Lipinski definition) is 2. The van der Waals surface area contributed by atoms with Gasteiger partial charge in [0.25, 0.3) is 0 Å². The maximum Gasteiger partial charge on any atom is 0.232 e. The maximum atomic E-state index is 12.3. The van der Waals surface area contributed by atoms with Gasteiger partial charge in [-0.05, 0) is 53.8 Å². The molecule has 5 nitrogen and oxygen atoms in total. The third-order valence-corrected chi connectivity index (χ3v) is 4.65. The number of nitrogens with one attached hydrogen (secondary N) is 2. The Bertz CT molecular complexity index is 830. The van der Waals surface area contributed by atoms with Crippen molar-refractivity contribution in [1.29, 1.82) is 0 Å². The topological polar surface area (TPSA) is 67.4 Å². The van der Waals surface area contributed by atoms with Crippen molar-refractivity contribution in [1.82, 2.24) is 0 Å². The normalized spacial score (nSPS) is 15.5. The molecule has 0 spiro atoms. The second-order valence-corrected chi connectivity index (χ2v) is 6.91. The molecule has 2 aromatic carbocycles. The zero-order valence-electron chi connectivity index (χ0n) is 15.3. The molecule has 1 aliphatic heterocycles. The number of amides is 2. The number of anilines is 2. The molecule has 26 heavy (non-hydrogen) atoms. The number of benzene rings is 2. The standard InChI is InChI=1S/C21H24N2O3/c1-13(2)20-17-12-15(8-9-18(17)23-21(20)25)22-19(24)10-7-14-5-4-6-16(11-14)26-3/h4-6,8-9,11-13,20H,7,10H2,1-3H3,(H,22,24)(H,23,25). The van der Waals surface area contributed by atoms with E-state index in [0.717, 1.165) is 28.3 Å². The lowest BCUT2D eigenvalue weighted by molar-refractivity contribution is -0.118. The number of aryl methyl sites for hydroxylation is 1. The summed E-state index contributed by atoms with van der Waals surface area (Å²) < 4.78 is 5.20.